The van der Waals surface area contributed by atoms with E-state index in [1.165, 1.54) is 5.70 Å². The van der Waals surface area contributed by atoms with E-state index < -0.39 is 0 Å². The van der Waals surface area contributed by atoms with Crippen LogP contribution in [-0.4, -0.2) is 29.1 Å². The summed E-state index contributed by atoms with van der Waals surface area (Å²) in [6, 6.07) is 15.8. The third-order valence-corrected chi connectivity index (χ3v) is 5.54. The number of rotatable bonds is 4. The number of nitrogens with zero attached hydrogens (tertiary/aromatic N) is 2. The van der Waals surface area contributed by atoms with Gasteiger partial charge in [-0.1, -0.05) is 52.0 Å². The Morgan fingerprint density at radius 1 is 1.16 bits per heavy atom. The third-order valence-electron chi connectivity index (χ3n) is 4.11. The molecule has 1 N–H and O–H groups in total. The van der Waals surface area contributed by atoms with Gasteiger partial charge in [-0.25, -0.2) is 0 Å². The number of amidine groups is 1. The molecule has 0 radical (unpaired) electrons. The zero-order chi connectivity index (χ0) is 17.2. The molecule has 2 aromatic carbocycles. The van der Waals surface area contributed by atoms with Gasteiger partial charge in [0.15, 0.2) is 5.17 Å². The van der Waals surface area contributed by atoms with Crippen LogP contribution in [0.2, 0.25) is 0 Å². The number of halogens is 1. The van der Waals surface area contributed by atoms with Gasteiger partial charge in [0.1, 0.15) is 0 Å². The number of aliphatic imine (C=N–C) groups is 1. The highest BCUT2D eigenvalue weighted by atomic mass is 79.9. The first-order valence-electron chi connectivity index (χ1n) is 8.02. The highest BCUT2D eigenvalue weighted by Crippen LogP contribution is 2.35. The van der Waals surface area contributed by atoms with Crippen molar-refractivity contribution in [2.75, 3.05) is 18.4 Å². The number of fused-ring (bicyclic) bond motifs is 1. The molecule has 0 saturated heterocycles. The Hall–Kier alpha value is -2.05. The maximum absolute atomic E-state index is 12.2. The minimum atomic E-state index is -0.0142. The SMILES string of the molecule is O=C(Cc1ccc(Br)cc1)Nc1ccc(C2=CSC3=NCCN23)cc1. The van der Waals surface area contributed by atoms with E-state index in [-0.39, 0.29) is 5.91 Å². The predicted octanol–water partition coefficient (Wildman–Crippen LogP) is 4.35. The summed E-state index contributed by atoms with van der Waals surface area (Å²) in [7, 11) is 0. The van der Waals surface area contributed by atoms with Gasteiger partial charge in [0, 0.05) is 22.1 Å². The summed E-state index contributed by atoms with van der Waals surface area (Å²) in [5.74, 6) is -0.0142. The third kappa shape index (κ3) is 3.65. The molecule has 6 heteroatoms. The smallest absolute Gasteiger partial charge is 0.228 e. The van der Waals surface area contributed by atoms with Crippen LogP contribution in [0.3, 0.4) is 0 Å². The lowest BCUT2D eigenvalue weighted by Crippen LogP contribution is -2.19. The molecule has 0 fully saturated rings. The summed E-state index contributed by atoms with van der Waals surface area (Å²) in [6.07, 6.45) is 0.366. The van der Waals surface area contributed by atoms with E-state index in [1.807, 2.05) is 48.5 Å². The quantitative estimate of drug-likeness (QED) is 0.809. The average molecular weight is 414 g/mol. The van der Waals surface area contributed by atoms with Gasteiger partial charge in [-0.2, -0.15) is 0 Å². The highest BCUT2D eigenvalue weighted by molar-refractivity contribution is 9.10. The van der Waals surface area contributed by atoms with Gasteiger partial charge in [0.05, 0.1) is 18.7 Å². The number of carbonyl (C=O) groups excluding carboxylic acids is 1. The van der Waals surface area contributed by atoms with Crippen molar-refractivity contribution in [1.82, 2.24) is 4.90 Å². The summed E-state index contributed by atoms with van der Waals surface area (Å²) in [5, 5.41) is 6.18. The molecule has 0 unspecified atom stereocenters. The first-order valence-corrected chi connectivity index (χ1v) is 9.70. The minimum Gasteiger partial charge on any atom is -0.326 e. The molecule has 2 aliphatic heterocycles. The Kier molecular flexibility index (Phi) is 4.63. The van der Waals surface area contributed by atoms with Gasteiger partial charge in [-0.3, -0.25) is 9.79 Å². The first-order chi connectivity index (χ1) is 12.2. The molecule has 25 heavy (non-hydrogen) atoms. The Morgan fingerprint density at radius 3 is 2.68 bits per heavy atom. The van der Waals surface area contributed by atoms with Crippen LogP contribution in [0.15, 0.2) is 63.4 Å². The predicted molar refractivity (Wildman–Crippen MR) is 107 cm³/mol. The Labute approximate surface area is 159 Å². The number of amides is 1. The van der Waals surface area contributed by atoms with Gasteiger partial charge >= 0.3 is 0 Å². The fraction of sp³-hybridized carbons (Fsp3) is 0.158. The van der Waals surface area contributed by atoms with Crippen molar-refractivity contribution < 1.29 is 4.79 Å². The Morgan fingerprint density at radius 2 is 1.92 bits per heavy atom. The highest BCUT2D eigenvalue weighted by Gasteiger charge is 2.26. The second-order valence-corrected chi connectivity index (χ2v) is 7.62. The van der Waals surface area contributed by atoms with Gasteiger partial charge in [-0.15, -0.1) is 0 Å². The molecule has 2 heterocycles. The molecule has 4 nitrogen and oxygen atoms in total. The fourth-order valence-corrected chi connectivity index (χ4v) is 4.09. The summed E-state index contributed by atoms with van der Waals surface area (Å²) in [5.41, 5.74) is 4.14. The van der Waals surface area contributed by atoms with E-state index in [1.54, 1.807) is 11.8 Å². The van der Waals surface area contributed by atoms with E-state index in [0.29, 0.717) is 6.42 Å². The molecule has 0 saturated carbocycles. The van der Waals surface area contributed by atoms with Gasteiger partial charge < -0.3 is 10.2 Å². The van der Waals surface area contributed by atoms with Crippen LogP contribution < -0.4 is 5.32 Å². The second kappa shape index (κ2) is 7.06. The standard InChI is InChI=1S/C19H16BrN3OS/c20-15-5-1-13(2-6-15)11-18(24)22-16-7-3-14(4-8-16)17-12-25-19-21-9-10-23(17)19/h1-8,12H,9-11H2,(H,22,24). The molecule has 0 spiro atoms. The zero-order valence-corrected chi connectivity index (χ0v) is 15.8. The van der Waals surface area contributed by atoms with Crippen LogP contribution in [0.25, 0.3) is 5.70 Å². The largest absolute Gasteiger partial charge is 0.326 e. The normalized spacial score (nSPS) is 15.6. The minimum absolute atomic E-state index is 0.0142. The zero-order valence-electron chi connectivity index (χ0n) is 13.4. The van der Waals surface area contributed by atoms with Crippen molar-refractivity contribution in [3.05, 3.63) is 69.5 Å². The molecule has 1 amide bonds. The van der Waals surface area contributed by atoms with Crippen LogP contribution >= 0.6 is 27.7 Å². The molecule has 4 rings (SSSR count). The summed E-state index contributed by atoms with van der Waals surface area (Å²) < 4.78 is 1.01. The van der Waals surface area contributed by atoms with Crippen LogP contribution in [0.4, 0.5) is 5.69 Å². The van der Waals surface area contributed by atoms with Crippen molar-refractivity contribution in [2.24, 2.45) is 4.99 Å². The van der Waals surface area contributed by atoms with Gasteiger partial charge in [0.25, 0.3) is 0 Å². The average Bonchev–Trinajstić information content (AvgIpc) is 3.21. The molecule has 2 aromatic rings. The van der Waals surface area contributed by atoms with Gasteiger partial charge in [0.2, 0.25) is 5.91 Å². The van der Waals surface area contributed by atoms with Crippen molar-refractivity contribution in [3.63, 3.8) is 0 Å². The molecule has 2 aliphatic rings. The van der Waals surface area contributed by atoms with Crippen molar-refractivity contribution in [3.8, 4) is 0 Å². The molecular weight excluding hydrogens is 398 g/mol. The maximum atomic E-state index is 12.2. The van der Waals surface area contributed by atoms with Crippen LogP contribution in [0.5, 0.6) is 0 Å². The monoisotopic (exact) mass is 413 g/mol. The lowest BCUT2D eigenvalue weighted by molar-refractivity contribution is -0.115. The number of hydrogen-bond acceptors (Lipinski definition) is 4. The first kappa shape index (κ1) is 16.4. The summed E-state index contributed by atoms with van der Waals surface area (Å²) in [6.45, 7) is 1.81. The topological polar surface area (TPSA) is 44.7 Å². The van der Waals surface area contributed by atoms with Gasteiger partial charge in [-0.05, 0) is 35.4 Å². The molecule has 126 valence electrons. The number of hydrogen-bond donors (Lipinski definition) is 1. The number of nitrogens with one attached hydrogen (secondary N) is 1. The molecule has 0 atom stereocenters. The Bertz CT molecular complexity index is 859. The maximum Gasteiger partial charge on any atom is 0.228 e. The van der Waals surface area contributed by atoms with E-state index in [0.717, 1.165) is 39.5 Å². The molecule has 0 aliphatic carbocycles. The molecule has 0 aromatic heterocycles. The molecule has 0 bridgehead atoms. The lowest BCUT2D eigenvalue weighted by atomic mass is 10.1. The number of thioether (sulfide) groups is 1. The summed E-state index contributed by atoms with van der Waals surface area (Å²) in [4.78, 5) is 18.9. The second-order valence-electron chi connectivity index (χ2n) is 5.87. The fourth-order valence-electron chi connectivity index (χ4n) is 2.86. The van der Waals surface area contributed by atoms with E-state index in [2.05, 4.69) is 36.5 Å². The van der Waals surface area contributed by atoms with E-state index in [4.69, 9.17) is 0 Å². The van der Waals surface area contributed by atoms with Crippen molar-refractivity contribution >= 4 is 50.2 Å². The number of benzene rings is 2. The van der Waals surface area contributed by atoms with Crippen molar-refractivity contribution in [1.29, 1.82) is 0 Å². The molecular formula is C19H16BrN3OS. The van der Waals surface area contributed by atoms with Crippen LogP contribution in [0.1, 0.15) is 11.1 Å². The van der Waals surface area contributed by atoms with Crippen LogP contribution in [0, 0.1) is 0 Å². The Balaban J connectivity index is 1.40. The van der Waals surface area contributed by atoms with E-state index >= 15 is 0 Å². The van der Waals surface area contributed by atoms with E-state index in [9.17, 15) is 4.79 Å². The number of anilines is 1. The van der Waals surface area contributed by atoms with Crippen molar-refractivity contribution in [2.45, 2.75) is 6.42 Å². The van der Waals surface area contributed by atoms with Crippen LogP contribution in [-0.2, 0) is 11.2 Å². The summed E-state index contributed by atoms with van der Waals surface area (Å²) >= 11 is 5.07. The number of carbonyl (C=O) groups is 1. The lowest BCUT2D eigenvalue weighted by Gasteiger charge is -2.16.